The lowest BCUT2D eigenvalue weighted by Crippen LogP contribution is -2.31. The topological polar surface area (TPSA) is 37.3 Å². The number of rotatable bonds is 1. The van der Waals surface area contributed by atoms with Gasteiger partial charge in [0, 0.05) is 0 Å². The Bertz CT molecular complexity index is 200. The summed E-state index contributed by atoms with van der Waals surface area (Å²) >= 11 is 0. The lowest BCUT2D eigenvalue weighted by molar-refractivity contribution is -0.188. The summed E-state index contributed by atoms with van der Waals surface area (Å²) in [6.45, 7) is 0. The second-order valence-corrected chi connectivity index (χ2v) is 3.44. The quantitative estimate of drug-likeness (QED) is 0.699. The molecule has 2 atom stereocenters. The highest BCUT2D eigenvalue weighted by Crippen LogP contribution is 2.39. The van der Waals surface area contributed by atoms with Crippen LogP contribution in [0.5, 0.6) is 0 Å². The van der Waals surface area contributed by atoms with E-state index in [1.807, 2.05) is 0 Å². The standard InChI is InChI=1S/C8H11F3O2/c9-8(10,11)6-3-1-2-5(4-6)7(12)13/h5-6H,1-4H2,(H,12,13). The molecule has 0 spiro atoms. The molecule has 0 radical (unpaired) electrons. The first kappa shape index (κ1) is 10.3. The van der Waals surface area contributed by atoms with Crippen molar-refractivity contribution in [1.29, 1.82) is 0 Å². The molecular formula is C8H11F3O2. The van der Waals surface area contributed by atoms with Gasteiger partial charge in [0.05, 0.1) is 11.8 Å². The van der Waals surface area contributed by atoms with E-state index in [0.29, 0.717) is 12.8 Å². The first-order valence-electron chi connectivity index (χ1n) is 4.21. The summed E-state index contributed by atoms with van der Waals surface area (Å²) in [5.74, 6) is -3.32. The van der Waals surface area contributed by atoms with Gasteiger partial charge in [0.25, 0.3) is 0 Å². The molecule has 0 aromatic rings. The van der Waals surface area contributed by atoms with E-state index in [0.717, 1.165) is 0 Å². The maximum absolute atomic E-state index is 12.2. The van der Waals surface area contributed by atoms with Gasteiger partial charge < -0.3 is 5.11 Å². The fourth-order valence-corrected chi connectivity index (χ4v) is 1.71. The number of alkyl halides is 3. The third kappa shape index (κ3) is 2.60. The monoisotopic (exact) mass is 196 g/mol. The minimum Gasteiger partial charge on any atom is -0.481 e. The van der Waals surface area contributed by atoms with E-state index < -0.39 is 24.0 Å². The van der Waals surface area contributed by atoms with Gasteiger partial charge in [-0.25, -0.2) is 0 Å². The van der Waals surface area contributed by atoms with Gasteiger partial charge in [-0.1, -0.05) is 6.42 Å². The number of hydrogen-bond donors (Lipinski definition) is 1. The molecule has 1 fully saturated rings. The van der Waals surface area contributed by atoms with Gasteiger partial charge in [-0.3, -0.25) is 4.79 Å². The zero-order valence-corrected chi connectivity index (χ0v) is 6.97. The van der Waals surface area contributed by atoms with Crippen LogP contribution in [0.25, 0.3) is 0 Å². The molecule has 0 aromatic carbocycles. The highest BCUT2D eigenvalue weighted by atomic mass is 19.4. The Hall–Kier alpha value is -0.740. The average Bonchev–Trinajstić information content (AvgIpc) is 2.03. The van der Waals surface area contributed by atoms with Crippen LogP contribution in [0.3, 0.4) is 0 Å². The van der Waals surface area contributed by atoms with E-state index in [4.69, 9.17) is 5.11 Å². The largest absolute Gasteiger partial charge is 0.481 e. The zero-order valence-electron chi connectivity index (χ0n) is 6.97. The molecule has 2 unspecified atom stereocenters. The molecule has 1 aliphatic rings. The summed E-state index contributed by atoms with van der Waals surface area (Å²) in [6, 6.07) is 0. The highest BCUT2D eigenvalue weighted by molar-refractivity contribution is 5.70. The molecule has 1 rings (SSSR count). The van der Waals surface area contributed by atoms with E-state index in [2.05, 4.69) is 0 Å². The molecule has 0 heterocycles. The third-order valence-corrected chi connectivity index (χ3v) is 2.49. The summed E-state index contributed by atoms with van der Waals surface area (Å²) < 4.78 is 36.6. The van der Waals surface area contributed by atoms with E-state index in [1.165, 1.54) is 0 Å². The van der Waals surface area contributed by atoms with E-state index in [-0.39, 0.29) is 12.8 Å². The molecule has 0 aromatic heterocycles. The van der Waals surface area contributed by atoms with E-state index in [1.54, 1.807) is 0 Å². The number of halogens is 3. The third-order valence-electron chi connectivity index (χ3n) is 2.49. The predicted octanol–water partition coefficient (Wildman–Crippen LogP) is 2.44. The molecule has 0 amide bonds. The van der Waals surface area contributed by atoms with Crippen molar-refractivity contribution in [3.05, 3.63) is 0 Å². The van der Waals surface area contributed by atoms with Crippen LogP contribution in [-0.4, -0.2) is 17.3 Å². The summed E-state index contributed by atoms with van der Waals surface area (Å²) in [5.41, 5.74) is 0. The van der Waals surface area contributed by atoms with Crippen LogP contribution < -0.4 is 0 Å². The Kier molecular flexibility index (Phi) is 2.83. The summed E-state index contributed by atoms with van der Waals surface area (Å²) in [6.07, 6.45) is -3.66. The van der Waals surface area contributed by atoms with Crippen LogP contribution >= 0.6 is 0 Å². The second-order valence-electron chi connectivity index (χ2n) is 3.44. The molecule has 2 nitrogen and oxygen atoms in total. The number of carboxylic acid groups (broad SMARTS) is 1. The number of carboxylic acids is 1. The normalized spacial score (nSPS) is 30.1. The maximum atomic E-state index is 12.2. The van der Waals surface area contributed by atoms with Crippen LogP contribution in [-0.2, 0) is 4.79 Å². The number of carbonyl (C=O) groups is 1. The molecule has 1 saturated carbocycles. The Balaban J connectivity index is 2.57. The molecule has 1 aliphatic carbocycles. The lowest BCUT2D eigenvalue weighted by atomic mass is 9.81. The van der Waals surface area contributed by atoms with Gasteiger partial charge in [-0.15, -0.1) is 0 Å². The van der Waals surface area contributed by atoms with Gasteiger partial charge in [0.1, 0.15) is 0 Å². The minimum absolute atomic E-state index is 0.0767. The van der Waals surface area contributed by atoms with Crippen molar-refractivity contribution in [3.8, 4) is 0 Å². The molecule has 0 aliphatic heterocycles. The van der Waals surface area contributed by atoms with Crippen molar-refractivity contribution in [3.63, 3.8) is 0 Å². The van der Waals surface area contributed by atoms with Gasteiger partial charge >= 0.3 is 12.1 Å². The Morgan fingerprint density at radius 3 is 2.38 bits per heavy atom. The molecular weight excluding hydrogens is 185 g/mol. The fourth-order valence-electron chi connectivity index (χ4n) is 1.71. The van der Waals surface area contributed by atoms with Crippen LogP contribution in [0.4, 0.5) is 13.2 Å². The molecule has 0 saturated heterocycles. The van der Waals surface area contributed by atoms with Crippen LogP contribution in [0.15, 0.2) is 0 Å². The highest BCUT2D eigenvalue weighted by Gasteiger charge is 2.43. The second kappa shape index (κ2) is 3.55. The number of hydrogen-bond acceptors (Lipinski definition) is 1. The zero-order chi connectivity index (χ0) is 10.1. The van der Waals surface area contributed by atoms with Crippen molar-refractivity contribution < 1.29 is 23.1 Å². The number of aliphatic carboxylic acids is 1. The molecule has 5 heteroatoms. The minimum atomic E-state index is -4.23. The van der Waals surface area contributed by atoms with Gasteiger partial charge in [-0.05, 0) is 19.3 Å². The maximum Gasteiger partial charge on any atom is 0.391 e. The summed E-state index contributed by atoms with van der Waals surface area (Å²) in [4.78, 5) is 10.5. The van der Waals surface area contributed by atoms with Crippen molar-refractivity contribution in [2.24, 2.45) is 11.8 Å². The lowest BCUT2D eigenvalue weighted by Gasteiger charge is -2.28. The van der Waals surface area contributed by atoms with Crippen LogP contribution in [0, 0.1) is 11.8 Å². The Morgan fingerprint density at radius 2 is 1.92 bits per heavy atom. The molecule has 13 heavy (non-hydrogen) atoms. The van der Waals surface area contributed by atoms with Gasteiger partial charge in [0.15, 0.2) is 0 Å². The Labute approximate surface area is 73.7 Å². The van der Waals surface area contributed by atoms with E-state index in [9.17, 15) is 18.0 Å². The Morgan fingerprint density at radius 1 is 1.31 bits per heavy atom. The van der Waals surface area contributed by atoms with Crippen molar-refractivity contribution in [2.45, 2.75) is 31.9 Å². The average molecular weight is 196 g/mol. The smallest absolute Gasteiger partial charge is 0.391 e. The SMILES string of the molecule is O=C(O)C1CCCC(C(F)(F)F)C1. The predicted molar refractivity (Wildman–Crippen MR) is 39.1 cm³/mol. The van der Waals surface area contributed by atoms with Crippen molar-refractivity contribution in [1.82, 2.24) is 0 Å². The van der Waals surface area contributed by atoms with Crippen LogP contribution in [0.2, 0.25) is 0 Å². The molecule has 0 bridgehead atoms. The fraction of sp³-hybridized carbons (Fsp3) is 0.875. The van der Waals surface area contributed by atoms with E-state index >= 15 is 0 Å². The van der Waals surface area contributed by atoms with Crippen LogP contribution in [0.1, 0.15) is 25.7 Å². The van der Waals surface area contributed by atoms with Crippen molar-refractivity contribution in [2.75, 3.05) is 0 Å². The first-order valence-corrected chi connectivity index (χ1v) is 4.21. The molecule has 1 N–H and O–H groups in total. The van der Waals surface area contributed by atoms with Gasteiger partial charge in [0.2, 0.25) is 0 Å². The first-order chi connectivity index (χ1) is 5.91. The molecule has 76 valence electrons. The van der Waals surface area contributed by atoms with Gasteiger partial charge in [-0.2, -0.15) is 13.2 Å². The summed E-state index contributed by atoms with van der Waals surface area (Å²) in [7, 11) is 0. The summed E-state index contributed by atoms with van der Waals surface area (Å²) in [5, 5.41) is 8.55. The van der Waals surface area contributed by atoms with Crippen molar-refractivity contribution >= 4 is 5.97 Å².